The molecule has 3 aromatic heterocycles. The summed E-state index contributed by atoms with van der Waals surface area (Å²) < 4.78 is 7.81. The van der Waals surface area contributed by atoms with Crippen molar-refractivity contribution in [2.24, 2.45) is 7.05 Å². The molecule has 0 saturated carbocycles. The Morgan fingerprint density at radius 1 is 1.41 bits per heavy atom. The standard InChI is InChI=1S/C13H13N5O3S/c1-17-6-4-10(15-17)14-11(19)5-7-18-13(20)21-12(16-18)9-3-2-8-22-9/h2-4,6,8H,5,7H2,1H3,(H,14,15,19). The van der Waals surface area contributed by atoms with Crippen molar-refractivity contribution < 1.29 is 9.21 Å². The van der Waals surface area contributed by atoms with Crippen LogP contribution in [0.15, 0.2) is 39.0 Å². The predicted molar refractivity (Wildman–Crippen MR) is 80.5 cm³/mol. The van der Waals surface area contributed by atoms with Gasteiger partial charge in [0.25, 0.3) is 5.89 Å². The SMILES string of the molecule is Cn1ccc(NC(=O)CCn2nc(-c3cccs3)oc2=O)n1. The number of nitrogens with zero attached hydrogens (tertiary/aromatic N) is 4. The molecule has 0 aromatic carbocycles. The molecule has 0 aliphatic carbocycles. The summed E-state index contributed by atoms with van der Waals surface area (Å²) >= 11 is 1.43. The lowest BCUT2D eigenvalue weighted by Gasteiger charge is -2.00. The van der Waals surface area contributed by atoms with Gasteiger partial charge >= 0.3 is 5.76 Å². The van der Waals surface area contributed by atoms with E-state index in [0.29, 0.717) is 5.82 Å². The molecule has 9 heteroatoms. The second-order valence-corrected chi connectivity index (χ2v) is 5.49. The largest absolute Gasteiger partial charge is 0.437 e. The average Bonchev–Trinajstić information content (AvgIpc) is 3.18. The van der Waals surface area contributed by atoms with Gasteiger partial charge in [-0.2, -0.15) is 9.78 Å². The minimum atomic E-state index is -0.575. The van der Waals surface area contributed by atoms with Crippen molar-refractivity contribution in [3.63, 3.8) is 0 Å². The van der Waals surface area contributed by atoms with Crippen molar-refractivity contribution >= 4 is 23.1 Å². The molecule has 8 nitrogen and oxygen atoms in total. The van der Waals surface area contributed by atoms with Crippen LogP contribution in [0.1, 0.15) is 6.42 Å². The molecule has 3 rings (SSSR count). The van der Waals surface area contributed by atoms with Gasteiger partial charge in [0.1, 0.15) is 0 Å². The maximum atomic E-state index is 11.8. The van der Waals surface area contributed by atoms with Gasteiger partial charge < -0.3 is 9.73 Å². The van der Waals surface area contributed by atoms with Crippen molar-refractivity contribution in [3.05, 3.63) is 40.3 Å². The molecule has 3 aromatic rings. The number of rotatable bonds is 5. The fourth-order valence-electron chi connectivity index (χ4n) is 1.84. The van der Waals surface area contributed by atoms with E-state index in [4.69, 9.17) is 4.42 Å². The number of hydrogen-bond donors (Lipinski definition) is 1. The average molecular weight is 319 g/mol. The highest BCUT2D eigenvalue weighted by Gasteiger charge is 2.12. The summed E-state index contributed by atoms with van der Waals surface area (Å²) in [6.45, 7) is 0.145. The summed E-state index contributed by atoms with van der Waals surface area (Å²) in [5.74, 6) is -0.0790. The number of anilines is 1. The van der Waals surface area contributed by atoms with Crippen molar-refractivity contribution in [3.8, 4) is 10.8 Å². The van der Waals surface area contributed by atoms with Crippen LogP contribution in [0.25, 0.3) is 10.8 Å². The van der Waals surface area contributed by atoms with E-state index < -0.39 is 5.76 Å². The monoisotopic (exact) mass is 319 g/mol. The van der Waals surface area contributed by atoms with Crippen LogP contribution in [0.5, 0.6) is 0 Å². The van der Waals surface area contributed by atoms with Gasteiger partial charge in [0, 0.05) is 25.7 Å². The molecule has 0 atom stereocenters. The zero-order chi connectivity index (χ0) is 15.5. The topological polar surface area (TPSA) is 95.0 Å². The van der Waals surface area contributed by atoms with E-state index in [1.54, 1.807) is 24.0 Å². The minimum absolute atomic E-state index is 0.104. The smallest absolute Gasteiger partial charge is 0.387 e. The fraction of sp³-hybridized carbons (Fsp3) is 0.231. The van der Waals surface area contributed by atoms with Crippen molar-refractivity contribution in [1.82, 2.24) is 19.6 Å². The van der Waals surface area contributed by atoms with Crippen LogP contribution in [0.4, 0.5) is 5.82 Å². The summed E-state index contributed by atoms with van der Waals surface area (Å²) in [4.78, 5) is 24.3. The van der Waals surface area contributed by atoms with Crippen LogP contribution >= 0.6 is 11.3 Å². The first-order chi connectivity index (χ1) is 10.6. The first kappa shape index (κ1) is 14.3. The number of hydrogen-bond acceptors (Lipinski definition) is 6. The Morgan fingerprint density at radius 3 is 2.95 bits per heavy atom. The number of thiophene rings is 1. The van der Waals surface area contributed by atoms with Gasteiger partial charge in [-0.25, -0.2) is 4.79 Å². The number of carbonyl (C=O) groups is 1. The van der Waals surface area contributed by atoms with Gasteiger partial charge in [-0.1, -0.05) is 6.07 Å². The number of nitrogens with one attached hydrogen (secondary N) is 1. The van der Waals surface area contributed by atoms with Crippen LogP contribution in [0.2, 0.25) is 0 Å². The third-order valence-corrected chi connectivity index (χ3v) is 3.73. The van der Waals surface area contributed by atoms with Crippen molar-refractivity contribution in [2.75, 3.05) is 5.32 Å². The van der Waals surface area contributed by atoms with E-state index >= 15 is 0 Å². The molecule has 0 radical (unpaired) electrons. The van der Waals surface area contributed by atoms with E-state index in [1.807, 2.05) is 17.5 Å². The van der Waals surface area contributed by atoms with Gasteiger partial charge in [-0.3, -0.25) is 9.48 Å². The normalized spacial score (nSPS) is 10.8. The number of carbonyl (C=O) groups excluding carboxylic acids is 1. The highest BCUT2D eigenvalue weighted by atomic mass is 32.1. The first-order valence-electron chi connectivity index (χ1n) is 6.53. The van der Waals surface area contributed by atoms with Gasteiger partial charge in [-0.05, 0) is 11.4 Å². The molecule has 0 fully saturated rings. The maximum absolute atomic E-state index is 11.8. The summed E-state index contributed by atoms with van der Waals surface area (Å²) in [6, 6.07) is 5.35. The number of aryl methyl sites for hydroxylation is 2. The highest BCUT2D eigenvalue weighted by molar-refractivity contribution is 7.13. The lowest BCUT2D eigenvalue weighted by atomic mass is 10.4. The maximum Gasteiger partial charge on any atom is 0.437 e. The molecule has 3 heterocycles. The Balaban J connectivity index is 1.62. The molecule has 0 bridgehead atoms. The quantitative estimate of drug-likeness (QED) is 0.765. The summed E-state index contributed by atoms with van der Waals surface area (Å²) in [5.41, 5.74) is 0. The molecular weight excluding hydrogens is 306 g/mol. The Hall–Kier alpha value is -2.68. The van der Waals surface area contributed by atoms with E-state index in [9.17, 15) is 9.59 Å². The van der Waals surface area contributed by atoms with E-state index in [0.717, 1.165) is 9.56 Å². The zero-order valence-electron chi connectivity index (χ0n) is 11.7. The Labute approximate surface area is 129 Å². The molecule has 0 spiro atoms. The van der Waals surface area contributed by atoms with Crippen LogP contribution in [-0.4, -0.2) is 25.5 Å². The molecule has 1 amide bonds. The van der Waals surface area contributed by atoms with Gasteiger partial charge in [0.05, 0.1) is 11.4 Å². The van der Waals surface area contributed by atoms with Crippen LogP contribution in [0.3, 0.4) is 0 Å². The third kappa shape index (κ3) is 3.14. The Bertz CT molecular complexity index is 830. The molecular formula is C13H13N5O3S. The van der Waals surface area contributed by atoms with Crippen LogP contribution in [0, 0.1) is 0 Å². The van der Waals surface area contributed by atoms with Gasteiger partial charge in [0.15, 0.2) is 5.82 Å². The molecule has 114 valence electrons. The van der Waals surface area contributed by atoms with Crippen molar-refractivity contribution in [2.45, 2.75) is 13.0 Å². The third-order valence-electron chi connectivity index (χ3n) is 2.87. The minimum Gasteiger partial charge on any atom is -0.387 e. The van der Waals surface area contributed by atoms with Crippen LogP contribution in [-0.2, 0) is 18.4 Å². The molecule has 1 N–H and O–H groups in total. The summed E-state index contributed by atoms with van der Waals surface area (Å²) in [5, 5.41) is 12.6. The summed E-state index contributed by atoms with van der Waals surface area (Å²) in [7, 11) is 1.76. The summed E-state index contributed by atoms with van der Waals surface area (Å²) in [6.07, 6.45) is 1.83. The van der Waals surface area contributed by atoms with Gasteiger partial charge in [0.2, 0.25) is 5.91 Å². The number of aromatic nitrogens is 4. The zero-order valence-corrected chi connectivity index (χ0v) is 12.5. The molecule has 22 heavy (non-hydrogen) atoms. The van der Waals surface area contributed by atoms with E-state index in [1.165, 1.54) is 11.3 Å². The first-order valence-corrected chi connectivity index (χ1v) is 7.41. The second-order valence-electron chi connectivity index (χ2n) is 4.55. The Kier molecular flexibility index (Phi) is 3.88. The molecule has 0 aliphatic heterocycles. The number of amides is 1. The lowest BCUT2D eigenvalue weighted by Crippen LogP contribution is -2.21. The van der Waals surface area contributed by atoms with E-state index in [-0.39, 0.29) is 24.8 Å². The molecule has 0 saturated heterocycles. The molecule has 0 unspecified atom stereocenters. The predicted octanol–water partition coefficient (Wildman–Crippen LogP) is 1.33. The van der Waals surface area contributed by atoms with Crippen molar-refractivity contribution in [1.29, 1.82) is 0 Å². The lowest BCUT2D eigenvalue weighted by molar-refractivity contribution is -0.116. The van der Waals surface area contributed by atoms with Crippen LogP contribution < -0.4 is 11.1 Å². The Morgan fingerprint density at radius 2 is 2.27 bits per heavy atom. The van der Waals surface area contributed by atoms with Gasteiger partial charge in [-0.15, -0.1) is 16.4 Å². The molecule has 0 aliphatic rings. The second kappa shape index (κ2) is 5.98. The van der Waals surface area contributed by atoms with E-state index in [2.05, 4.69) is 15.5 Å². The fourth-order valence-corrected chi connectivity index (χ4v) is 2.49. The highest BCUT2D eigenvalue weighted by Crippen LogP contribution is 2.21.